The molecular formula is C20H24N2O4S. The lowest BCUT2D eigenvalue weighted by Crippen LogP contribution is -2.35. The Bertz CT molecular complexity index is 906. The van der Waals surface area contributed by atoms with Gasteiger partial charge < -0.3 is 10.1 Å². The number of methoxy groups -OCH3 is 1. The molecule has 144 valence electrons. The van der Waals surface area contributed by atoms with Crippen LogP contribution in [0, 0.1) is 0 Å². The van der Waals surface area contributed by atoms with Crippen LogP contribution < -0.4 is 10.1 Å². The summed E-state index contributed by atoms with van der Waals surface area (Å²) in [7, 11) is -1.93. The van der Waals surface area contributed by atoms with Gasteiger partial charge in [0.2, 0.25) is 10.0 Å². The van der Waals surface area contributed by atoms with E-state index in [0.29, 0.717) is 24.4 Å². The van der Waals surface area contributed by atoms with Gasteiger partial charge >= 0.3 is 0 Å². The molecule has 1 fully saturated rings. The lowest BCUT2D eigenvalue weighted by molar-refractivity contribution is 0.0950. The number of piperidine rings is 1. The standard InChI is InChI=1S/C20H24N2O4S/c1-26-18-9-6-8-17(14-18)20(23)21-15-16-7-5-10-19(13-16)27(24,25)22-11-3-2-4-12-22/h5-10,13-14H,2-4,11-12,15H2,1H3,(H,21,23). The van der Waals surface area contributed by atoms with Gasteiger partial charge in [-0.05, 0) is 48.7 Å². The summed E-state index contributed by atoms with van der Waals surface area (Å²) in [4.78, 5) is 12.6. The van der Waals surface area contributed by atoms with Crippen molar-refractivity contribution in [3.8, 4) is 5.75 Å². The summed E-state index contributed by atoms with van der Waals surface area (Å²) in [5.74, 6) is 0.371. The molecular weight excluding hydrogens is 364 g/mol. The Kier molecular flexibility index (Phi) is 6.13. The fourth-order valence-electron chi connectivity index (χ4n) is 3.12. The topological polar surface area (TPSA) is 75.7 Å². The van der Waals surface area contributed by atoms with E-state index in [1.165, 1.54) is 0 Å². The highest BCUT2D eigenvalue weighted by Gasteiger charge is 2.25. The highest BCUT2D eigenvalue weighted by atomic mass is 32.2. The van der Waals surface area contributed by atoms with Crippen molar-refractivity contribution in [3.63, 3.8) is 0 Å². The van der Waals surface area contributed by atoms with Crippen LogP contribution in [0.25, 0.3) is 0 Å². The Labute approximate surface area is 160 Å². The van der Waals surface area contributed by atoms with Gasteiger partial charge in [-0.25, -0.2) is 8.42 Å². The molecule has 1 amide bonds. The monoisotopic (exact) mass is 388 g/mol. The zero-order valence-electron chi connectivity index (χ0n) is 15.3. The van der Waals surface area contributed by atoms with Crippen molar-refractivity contribution < 1.29 is 17.9 Å². The van der Waals surface area contributed by atoms with Crippen LogP contribution in [0.2, 0.25) is 0 Å². The number of ether oxygens (including phenoxy) is 1. The van der Waals surface area contributed by atoms with E-state index >= 15 is 0 Å². The zero-order chi connectivity index (χ0) is 19.3. The SMILES string of the molecule is COc1cccc(C(=O)NCc2cccc(S(=O)(=O)N3CCCCC3)c2)c1. The predicted molar refractivity (Wildman–Crippen MR) is 103 cm³/mol. The number of nitrogens with one attached hydrogen (secondary N) is 1. The van der Waals surface area contributed by atoms with E-state index in [0.717, 1.165) is 24.8 Å². The van der Waals surface area contributed by atoms with Crippen molar-refractivity contribution in [3.05, 3.63) is 59.7 Å². The van der Waals surface area contributed by atoms with Gasteiger partial charge in [-0.2, -0.15) is 4.31 Å². The molecule has 0 bridgehead atoms. The number of nitrogens with zero attached hydrogens (tertiary/aromatic N) is 1. The number of sulfonamides is 1. The molecule has 3 rings (SSSR count). The fraction of sp³-hybridized carbons (Fsp3) is 0.350. The number of carbonyl (C=O) groups is 1. The lowest BCUT2D eigenvalue weighted by atomic mass is 10.2. The Hall–Kier alpha value is -2.38. The van der Waals surface area contributed by atoms with Crippen LogP contribution in [0.5, 0.6) is 5.75 Å². The van der Waals surface area contributed by atoms with Crippen LogP contribution in [0.15, 0.2) is 53.4 Å². The van der Waals surface area contributed by atoms with Gasteiger partial charge in [0.05, 0.1) is 12.0 Å². The fourth-order valence-corrected chi connectivity index (χ4v) is 4.71. The molecule has 6 nitrogen and oxygen atoms in total. The molecule has 0 aromatic heterocycles. The highest BCUT2D eigenvalue weighted by molar-refractivity contribution is 7.89. The maximum absolute atomic E-state index is 12.8. The van der Waals surface area contributed by atoms with Gasteiger partial charge in [0.15, 0.2) is 0 Å². The first-order valence-corrected chi connectivity index (χ1v) is 10.5. The molecule has 27 heavy (non-hydrogen) atoms. The second kappa shape index (κ2) is 8.54. The van der Waals surface area contributed by atoms with Crippen LogP contribution in [-0.2, 0) is 16.6 Å². The Balaban J connectivity index is 1.69. The third kappa shape index (κ3) is 4.67. The van der Waals surface area contributed by atoms with Crippen LogP contribution in [0.3, 0.4) is 0 Å². The van der Waals surface area contributed by atoms with Gasteiger partial charge in [0.1, 0.15) is 5.75 Å². The van der Waals surface area contributed by atoms with Crippen LogP contribution in [0.4, 0.5) is 0 Å². The van der Waals surface area contributed by atoms with E-state index in [4.69, 9.17) is 4.74 Å². The van der Waals surface area contributed by atoms with Gasteiger partial charge in [0.25, 0.3) is 5.91 Å². The Morgan fingerprint density at radius 3 is 2.56 bits per heavy atom. The number of hydrogen-bond acceptors (Lipinski definition) is 4. The van der Waals surface area contributed by atoms with Crippen molar-refractivity contribution in [2.24, 2.45) is 0 Å². The summed E-state index contributed by atoms with van der Waals surface area (Å²) in [6, 6.07) is 13.6. The summed E-state index contributed by atoms with van der Waals surface area (Å²) >= 11 is 0. The summed E-state index contributed by atoms with van der Waals surface area (Å²) in [5.41, 5.74) is 1.23. The van der Waals surface area contributed by atoms with Gasteiger partial charge in [0, 0.05) is 25.2 Å². The minimum Gasteiger partial charge on any atom is -0.497 e. The first-order valence-electron chi connectivity index (χ1n) is 9.02. The normalized spacial score (nSPS) is 15.3. The molecule has 2 aromatic rings. The van der Waals surface area contributed by atoms with Crippen molar-refractivity contribution in [1.29, 1.82) is 0 Å². The van der Waals surface area contributed by atoms with Gasteiger partial charge in [-0.15, -0.1) is 0 Å². The smallest absolute Gasteiger partial charge is 0.251 e. The van der Waals surface area contributed by atoms with Crippen molar-refractivity contribution in [1.82, 2.24) is 9.62 Å². The second-order valence-electron chi connectivity index (χ2n) is 6.53. The van der Waals surface area contributed by atoms with Crippen LogP contribution >= 0.6 is 0 Å². The maximum Gasteiger partial charge on any atom is 0.251 e. The molecule has 1 aliphatic heterocycles. The van der Waals surface area contributed by atoms with E-state index in [-0.39, 0.29) is 17.3 Å². The Morgan fingerprint density at radius 1 is 1.07 bits per heavy atom. The lowest BCUT2D eigenvalue weighted by Gasteiger charge is -2.26. The van der Waals surface area contributed by atoms with Crippen molar-refractivity contribution in [2.75, 3.05) is 20.2 Å². The molecule has 0 aliphatic carbocycles. The third-order valence-corrected chi connectivity index (χ3v) is 6.53. The van der Waals surface area contributed by atoms with E-state index < -0.39 is 10.0 Å². The molecule has 0 spiro atoms. The van der Waals surface area contributed by atoms with E-state index in [2.05, 4.69) is 5.32 Å². The highest BCUT2D eigenvalue weighted by Crippen LogP contribution is 2.21. The van der Waals surface area contributed by atoms with Crippen molar-refractivity contribution >= 4 is 15.9 Å². The predicted octanol–water partition coefficient (Wildman–Crippen LogP) is 2.80. The summed E-state index contributed by atoms with van der Waals surface area (Å²) in [5, 5.41) is 2.82. The molecule has 0 unspecified atom stereocenters. The minimum atomic E-state index is -3.48. The minimum absolute atomic E-state index is 0.238. The van der Waals surface area contributed by atoms with Crippen LogP contribution in [-0.4, -0.2) is 38.8 Å². The molecule has 0 radical (unpaired) electrons. The maximum atomic E-state index is 12.8. The molecule has 0 atom stereocenters. The van der Waals surface area contributed by atoms with Gasteiger partial charge in [-0.1, -0.05) is 24.6 Å². The largest absolute Gasteiger partial charge is 0.497 e. The average molecular weight is 388 g/mol. The van der Waals surface area contributed by atoms with Gasteiger partial charge in [-0.3, -0.25) is 4.79 Å². The molecule has 2 aromatic carbocycles. The number of amides is 1. The van der Waals surface area contributed by atoms with Crippen molar-refractivity contribution in [2.45, 2.75) is 30.7 Å². The molecule has 1 saturated heterocycles. The number of rotatable bonds is 6. The molecule has 7 heteroatoms. The first-order chi connectivity index (χ1) is 13.0. The summed E-state index contributed by atoms with van der Waals surface area (Å²) in [6.45, 7) is 1.39. The quantitative estimate of drug-likeness (QED) is 0.826. The summed E-state index contributed by atoms with van der Waals surface area (Å²) < 4.78 is 32.3. The van der Waals surface area contributed by atoms with Crippen LogP contribution in [0.1, 0.15) is 35.2 Å². The Morgan fingerprint density at radius 2 is 1.81 bits per heavy atom. The number of carbonyl (C=O) groups excluding carboxylic acids is 1. The average Bonchev–Trinajstić information content (AvgIpc) is 2.73. The first kappa shape index (κ1) is 19.4. The second-order valence-corrected chi connectivity index (χ2v) is 8.46. The number of hydrogen-bond donors (Lipinski definition) is 1. The molecule has 1 heterocycles. The third-order valence-electron chi connectivity index (χ3n) is 4.64. The summed E-state index contributed by atoms with van der Waals surface area (Å²) in [6.07, 6.45) is 2.87. The van der Waals surface area contributed by atoms with E-state index in [1.807, 2.05) is 0 Å². The zero-order valence-corrected chi connectivity index (χ0v) is 16.2. The number of benzene rings is 2. The van der Waals surface area contributed by atoms with E-state index in [1.54, 1.807) is 59.9 Å². The molecule has 1 aliphatic rings. The van der Waals surface area contributed by atoms with E-state index in [9.17, 15) is 13.2 Å². The molecule has 1 N–H and O–H groups in total. The molecule has 0 saturated carbocycles.